The lowest BCUT2D eigenvalue weighted by molar-refractivity contribution is 0.0693. The Morgan fingerprint density at radius 3 is 2.55 bits per heavy atom. The van der Waals surface area contributed by atoms with Crippen LogP contribution in [0.3, 0.4) is 0 Å². The molecule has 0 unspecified atom stereocenters. The standard InChI is InChI=1S/C7H5FO3/c8-5-3-1-2-4(6(5)9)7(10)11/h1-3,9H,(H,10,11). The van der Waals surface area contributed by atoms with Gasteiger partial charge < -0.3 is 10.2 Å². The predicted octanol–water partition coefficient (Wildman–Crippen LogP) is 1.23. The van der Waals surface area contributed by atoms with Gasteiger partial charge in [-0.1, -0.05) is 6.07 Å². The summed E-state index contributed by atoms with van der Waals surface area (Å²) in [6, 6.07) is 3.33. The minimum absolute atomic E-state index is 0.426. The van der Waals surface area contributed by atoms with Crippen LogP contribution in [-0.4, -0.2) is 16.2 Å². The highest BCUT2D eigenvalue weighted by Gasteiger charge is 2.11. The van der Waals surface area contributed by atoms with Gasteiger partial charge in [0.25, 0.3) is 0 Å². The Hall–Kier alpha value is -1.58. The van der Waals surface area contributed by atoms with E-state index in [0.29, 0.717) is 0 Å². The van der Waals surface area contributed by atoms with Gasteiger partial charge >= 0.3 is 5.97 Å². The highest BCUT2D eigenvalue weighted by Crippen LogP contribution is 2.19. The lowest BCUT2D eigenvalue weighted by Crippen LogP contribution is -1.97. The topological polar surface area (TPSA) is 57.5 Å². The van der Waals surface area contributed by atoms with Gasteiger partial charge in [-0.05, 0) is 12.1 Å². The largest absolute Gasteiger partial charge is 0.504 e. The summed E-state index contributed by atoms with van der Waals surface area (Å²) in [6.45, 7) is 0. The first kappa shape index (κ1) is 7.53. The number of phenols is 1. The number of hydrogen-bond donors (Lipinski definition) is 2. The molecule has 2 N–H and O–H groups in total. The van der Waals surface area contributed by atoms with Gasteiger partial charge in [-0.25, -0.2) is 9.18 Å². The third kappa shape index (κ3) is 1.29. The monoisotopic (exact) mass is 156 g/mol. The first-order valence-corrected chi connectivity index (χ1v) is 2.83. The van der Waals surface area contributed by atoms with Crippen LogP contribution in [0, 0.1) is 5.82 Å². The van der Waals surface area contributed by atoms with Crippen LogP contribution in [0.1, 0.15) is 10.4 Å². The van der Waals surface area contributed by atoms with Crippen LogP contribution >= 0.6 is 0 Å². The molecule has 0 bridgehead atoms. The van der Waals surface area contributed by atoms with Crippen molar-refractivity contribution in [1.29, 1.82) is 0 Å². The van der Waals surface area contributed by atoms with E-state index in [1.807, 2.05) is 0 Å². The number of aromatic carboxylic acids is 1. The maximum Gasteiger partial charge on any atom is 0.339 e. The Morgan fingerprint density at radius 2 is 2.09 bits per heavy atom. The molecule has 0 aliphatic rings. The summed E-state index contributed by atoms with van der Waals surface area (Å²) in [5.41, 5.74) is -0.426. The van der Waals surface area contributed by atoms with Crippen LogP contribution in [-0.2, 0) is 0 Å². The number of para-hydroxylation sites is 1. The molecule has 1 aromatic rings. The second-order valence-electron chi connectivity index (χ2n) is 1.94. The minimum Gasteiger partial charge on any atom is -0.504 e. The van der Waals surface area contributed by atoms with Crippen molar-refractivity contribution in [3.63, 3.8) is 0 Å². The van der Waals surface area contributed by atoms with Gasteiger partial charge in [-0.15, -0.1) is 0 Å². The minimum atomic E-state index is -1.35. The fraction of sp³-hybridized carbons (Fsp3) is 0. The maximum atomic E-state index is 12.4. The highest BCUT2D eigenvalue weighted by molar-refractivity contribution is 5.90. The van der Waals surface area contributed by atoms with Crippen molar-refractivity contribution in [2.75, 3.05) is 0 Å². The van der Waals surface area contributed by atoms with Crippen molar-refractivity contribution >= 4 is 5.97 Å². The van der Waals surface area contributed by atoms with E-state index in [2.05, 4.69) is 0 Å². The number of carboxylic acid groups (broad SMARTS) is 1. The SMILES string of the molecule is O=C(O)c1cccc(F)c1O. The fourth-order valence-electron chi connectivity index (χ4n) is 0.688. The summed E-state index contributed by atoms with van der Waals surface area (Å²) in [5, 5.41) is 17.2. The smallest absolute Gasteiger partial charge is 0.339 e. The summed E-state index contributed by atoms with van der Waals surface area (Å²) in [7, 11) is 0. The Bertz CT molecular complexity index is 296. The Kier molecular flexibility index (Phi) is 1.76. The molecule has 0 aliphatic heterocycles. The van der Waals surface area contributed by atoms with E-state index in [4.69, 9.17) is 10.2 Å². The molecule has 0 saturated carbocycles. The molecule has 1 rings (SSSR count). The average Bonchev–Trinajstić information content (AvgIpc) is 1.94. The molecular formula is C7H5FO3. The predicted molar refractivity (Wildman–Crippen MR) is 35.0 cm³/mol. The number of rotatable bonds is 1. The molecule has 0 amide bonds. The van der Waals surface area contributed by atoms with Crippen LogP contribution in [0.2, 0.25) is 0 Å². The first-order chi connectivity index (χ1) is 5.13. The Morgan fingerprint density at radius 1 is 1.45 bits per heavy atom. The summed E-state index contributed by atoms with van der Waals surface area (Å²) < 4.78 is 12.4. The molecule has 1 aromatic carbocycles. The summed E-state index contributed by atoms with van der Waals surface area (Å²) in [5.74, 6) is -3.09. The van der Waals surface area contributed by atoms with E-state index < -0.39 is 23.1 Å². The van der Waals surface area contributed by atoms with Crippen molar-refractivity contribution < 1.29 is 19.4 Å². The number of hydrogen-bond acceptors (Lipinski definition) is 2. The van der Waals surface area contributed by atoms with E-state index in [-0.39, 0.29) is 0 Å². The van der Waals surface area contributed by atoms with Gasteiger partial charge in [0.05, 0.1) is 0 Å². The van der Waals surface area contributed by atoms with Crippen LogP contribution in [0.4, 0.5) is 4.39 Å². The zero-order valence-electron chi connectivity index (χ0n) is 5.41. The third-order valence-corrected chi connectivity index (χ3v) is 1.22. The van der Waals surface area contributed by atoms with Crippen molar-refractivity contribution in [2.24, 2.45) is 0 Å². The Balaban J connectivity index is 3.27. The number of halogens is 1. The van der Waals surface area contributed by atoms with Crippen LogP contribution in [0.25, 0.3) is 0 Å². The average molecular weight is 156 g/mol. The number of carboxylic acids is 1. The molecule has 0 fully saturated rings. The molecule has 0 aromatic heterocycles. The first-order valence-electron chi connectivity index (χ1n) is 2.83. The van der Waals surface area contributed by atoms with Crippen LogP contribution in [0.15, 0.2) is 18.2 Å². The van der Waals surface area contributed by atoms with Crippen molar-refractivity contribution in [2.45, 2.75) is 0 Å². The molecule has 0 aliphatic carbocycles. The summed E-state index contributed by atoms with van der Waals surface area (Å²) in [6.07, 6.45) is 0. The highest BCUT2D eigenvalue weighted by atomic mass is 19.1. The van der Waals surface area contributed by atoms with E-state index in [9.17, 15) is 9.18 Å². The number of benzene rings is 1. The molecule has 11 heavy (non-hydrogen) atoms. The fourth-order valence-corrected chi connectivity index (χ4v) is 0.688. The van der Waals surface area contributed by atoms with E-state index in [1.54, 1.807) is 0 Å². The lowest BCUT2D eigenvalue weighted by Gasteiger charge is -1.97. The van der Waals surface area contributed by atoms with Gasteiger partial charge in [0.2, 0.25) is 0 Å². The quantitative estimate of drug-likeness (QED) is 0.642. The molecule has 58 valence electrons. The zero-order chi connectivity index (χ0) is 8.43. The number of aromatic hydroxyl groups is 1. The zero-order valence-corrected chi connectivity index (χ0v) is 5.41. The van der Waals surface area contributed by atoms with Crippen molar-refractivity contribution in [1.82, 2.24) is 0 Å². The van der Waals surface area contributed by atoms with Gasteiger partial charge in [0.15, 0.2) is 11.6 Å². The van der Waals surface area contributed by atoms with Gasteiger partial charge in [0, 0.05) is 0 Å². The maximum absolute atomic E-state index is 12.4. The van der Waals surface area contributed by atoms with Crippen LogP contribution < -0.4 is 0 Å². The summed E-state index contributed by atoms with van der Waals surface area (Å²) in [4.78, 5) is 10.2. The molecule has 0 spiro atoms. The second-order valence-corrected chi connectivity index (χ2v) is 1.94. The molecular weight excluding hydrogens is 151 g/mol. The van der Waals surface area contributed by atoms with Crippen molar-refractivity contribution in [3.05, 3.63) is 29.6 Å². The molecule has 0 atom stereocenters. The molecule has 0 radical (unpaired) electrons. The van der Waals surface area contributed by atoms with Crippen LogP contribution in [0.5, 0.6) is 5.75 Å². The lowest BCUT2D eigenvalue weighted by atomic mass is 10.2. The second kappa shape index (κ2) is 2.57. The van der Waals surface area contributed by atoms with Gasteiger partial charge in [-0.3, -0.25) is 0 Å². The third-order valence-electron chi connectivity index (χ3n) is 1.22. The van der Waals surface area contributed by atoms with E-state index >= 15 is 0 Å². The summed E-state index contributed by atoms with van der Waals surface area (Å²) >= 11 is 0. The van der Waals surface area contributed by atoms with Gasteiger partial charge in [0.1, 0.15) is 5.56 Å². The molecule has 0 heterocycles. The normalized spacial score (nSPS) is 9.55. The molecule has 3 nitrogen and oxygen atoms in total. The molecule has 0 saturated heterocycles. The Labute approximate surface area is 61.7 Å². The van der Waals surface area contributed by atoms with Gasteiger partial charge in [-0.2, -0.15) is 0 Å². The van der Waals surface area contributed by atoms with Crippen molar-refractivity contribution in [3.8, 4) is 5.75 Å². The van der Waals surface area contributed by atoms with E-state index in [0.717, 1.165) is 12.1 Å². The van der Waals surface area contributed by atoms with E-state index in [1.165, 1.54) is 6.07 Å². The number of carbonyl (C=O) groups is 1. The molecule has 4 heteroatoms.